The molecule has 1 heterocycles. The van der Waals surface area contributed by atoms with Crippen LogP contribution in [0.1, 0.15) is 19.4 Å². The summed E-state index contributed by atoms with van der Waals surface area (Å²) in [6.07, 6.45) is 1.32. The number of rotatable bonds is 2. The minimum atomic E-state index is -0.333. The van der Waals surface area contributed by atoms with Gasteiger partial charge in [-0.1, -0.05) is 29.3 Å². The molecule has 0 spiro atoms. The second-order valence-electron chi connectivity index (χ2n) is 5.27. The second-order valence-corrected chi connectivity index (χ2v) is 6.09. The van der Waals surface area contributed by atoms with Crippen molar-refractivity contribution in [2.24, 2.45) is 0 Å². The molecular weight excluding hydrogens is 323 g/mol. The summed E-state index contributed by atoms with van der Waals surface area (Å²) in [5, 5.41) is 10.1. The molecule has 22 heavy (non-hydrogen) atoms. The highest BCUT2D eigenvalue weighted by Crippen LogP contribution is 2.27. The number of nitriles is 1. The Bertz CT molecular complexity index is 622. The van der Waals surface area contributed by atoms with Gasteiger partial charge in [0.1, 0.15) is 11.6 Å². The summed E-state index contributed by atoms with van der Waals surface area (Å²) < 4.78 is 5.60. The normalized spacial score (nSPS) is 22.3. The maximum atomic E-state index is 12.5. The Kier molecular flexibility index (Phi) is 5.47. The average Bonchev–Trinajstić information content (AvgIpc) is 2.45. The quantitative estimate of drug-likeness (QED) is 0.612. The van der Waals surface area contributed by atoms with E-state index in [0.717, 1.165) is 0 Å². The number of halogens is 2. The lowest BCUT2D eigenvalue weighted by molar-refractivity contribution is -0.138. The van der Waals surface area contributed by atoms with Gasteiger partial charge in [0.05, 0.1) is 12.2 Å². The van der Waals surface area contributed by atoms with Crippen LogP contribution in [0.25, 0.3) is 6.08 Å². The Hall–Kier alpha value is -1.54. The third kappa shape index (κ3) is 3.80. The Morgan fingerprint density at radius 2 is 1.86 bits per heavy atom. The average molecular weight is 339 g/mol. The summed E-state index contributed by atoms with van der Waals surface area (Å²) in [5.74, 6) is -0.333. The molecule has 0 radical (unpaired) electrons. The van der Waals surface area contributed by atoms with Gasteiger partial charge in [0.2, 0.25) is 0 Å². The summed E-state index contributed by atoms with van der Waals surface area (Å²) >= 11 is 12.2. The molecule has 116 valence electrons. The zero-order chi connectivity index (χ0) is 16.3. The summed E-state index contributed by atoms with van der Waals surface area (Å²) in [5.41, 5.74) is 0.487. The molecular formula is C16H16Cl2N2O2. The van der Waals surface area contributed by atoms with Crippen LogP contribution in [0.15, 0.2) is 23.8 Å². The first-order chi connectivity index (χ1) is 10.4. The van der Waals surface area contributed by atoms with Crippen molar-refractivity contribution in [1.82, 2.24) is 4.90 Å². The number of ether oxygens (including phenoxy) is 1. The van der Waals surface area contributed by atoms with Gasteiger partial charge >= 0.3 is 0 Å². The van der Waals surface area contributed by atoms with E-state index in [1.165, 1.54) is 6.08 Å². The minimum absolute atomic E-state index is 0.0105. The predicted molar refractivity (Wildman–Crippen MR) is 86.6 cm³/mol. The van der Waals surface area contributed by atoms with Gasteiger partial charge in [-0.3, -0.25) is 4.79 Å². The molecule has 6 heteroatoms. The molecule has 1 aliphatic rings. The van der Waals surface area contributed by atoms with Crippen molar-refractivity contribution >= 4 is 35.2 Å². The molecule has 0 unspecified atom stereocenters. The van der Waals surface area contributed by atoms with E-state index in [1.807, 2.05) is 19.9 Å². The summed E-state index contributed by atoms with van der Waals surface area (Å²) in [6, 6.07) is 6.98. The monoisotopic (exact) mass is 338 g/mol. The molecule has 0 aliphatic carbocycles. The van der Waals surface area contributed by atoms with Crippen LogP contribution in [0.5, 0.6) is 0 Å². The van der Waals surface area contributed by atoms with Crippen molar-refractivity contribution < 1.29 is 9.53 Å². The van der Waals surface area contributed by atoms with Crippen LogP contribution in [0.3, 0.4) is 0 Å². The van der Waals surface area contributed by atoms with Gasteiger partial charge in [-0.2, -0.15) is 5.26 Å². The first-order valence-corrected chi connectivity index (χ1v) is 7.68. The number of benzene rings is 1. The first kappa shape index (κ1) is 16.8. The number of amides is 1. The summed E-state index contributed by atoms with van der Waals surface area (Å²) in [6.45, 7) is 4.71. The molecule has 0 N–H and O–H groups in total. The second kappa shape index (κ2) is 7.15. The van der Waals surface area contributed by atoms with E-state index in [0.29, 0.717) is 28.7 Å². The van der Waals surface area contributed by atoms with Crippen molar-refractivity contribution in [2.75, 3.05) is 13.1 Å². The Labute approximate surface area is 139 Å². The fourth-order valence-electron chi connectivity index (χ4n) is 2.45. The van der Waals surface area contributed by atoms with Crippen LogP contribution >= 0.6 is 23.2 Å². The largest absolute Gasteiger partial charge is 0.372 e. The van der Waals surface area contributed by atoms with Crippen LogP contribution in [-0.2, 0) is 9.53 Å². The Balaban J connectivity index is 2.30. The number of morpholine rings is 1. The van der Waals surface area contributed by atoms with Crippen molar-refractivity contribution in [3.8, 4) is 6.07 Å². The zero-order valence-corrected chi connectivity index (χ0v) is 13.9. The van der Waals surface area contributed by atoms with Crippen LogP contribution < -0.4 is 0 Å². The lowest BCUT2D eigenvalue weighted by Crippen LogP contribution is -2.48. The van der Waals surface area contributed by atoms with Crippen molar-refractivity contribution in [3.63, 3.8) is 0 Å². The van der Waals surface area contributed by atoms with E-state index < -0.39 is 0 Å². The molecule has 2 atom stereocenters. The van der Waals surface area contributed by atoms with Gasteiger partial charge in [0.25, 0.3) is 5.91 Å². The third-order valence-electron chi connectivity index (χ3n) is 3.35. The number of carbonyl (C=O) groups excluding carboxylic acids is 1. The fraction of sp³-hybridized carbons (Fsp3) is 0.375. The Morgan fingerprint density at radius 3 is 2.36 bits per heavy atom. The highest BCUT2D eigenvalue weighted by molar-refractivity contribution is 6.37. The highest BCUT2D eigenvalue weighted by atomic mass is 35.5. The molecule has 0 saturated carbocycles. The van der Waals surface area contributed by atoms with Crippen LogP contribution in [-0.4, -0.2) is 36.1 Å². The van der Waals surface area contributed by atoms with E-state index in [2.05, 4.69) is 0 Å². The molecule has 1 aromatic rings. The molecule has 4 nitrogen and oxygen atoms in total. The molecule has 2 rings (SSSR count). The van der Waals surface area contributed by atoms with E-state index in [1.54, 1.807) is 23.1 Å². The molecule has 1 saturated heterocycles. The van der Waals surface area contributed by atoms with Gasteiger partial charge in [-0.25, -0.2) is 0 Å². The number of carbonyl (C=O) groups is 1. The van der Waals surface area contributed by atoms with Crippen LogP contribution in [0, 0.1) is 11.3 Å². The standard InChI is InChI=1S/C16H16Cl2N2O2/c1-10-8-20(9-11(2)22-10)16(21)12(7-19)6-13-14(17)4-3-5-15(13)18/h3-6,10-11H,8-9H2,1-2H3/b12-6+/t10-,11+. The predicted octanol–water partition coefficient (Wildman–Crippen LogP) is 3.54. The first-order valence-electron chi connectivity index (χ1n) is 6.93. The zero-order valence-electron chi connectivity index (χ0n) is 12.3. The van der Waals surface area contributed by atoms with Gasteiger partial charge in [-0.15, -0.1) is 0 Å². The van der Waals surface area contributed by atoms with Crippen molar-refractivity contribution in [3.05, 3.63) is 39.4 Å². The van der Waals surface area contributed by atoms with Crippen LogP contribution in [0.4, 0.5) is 0 Å². The van der Waals surface area contributed by atoms with E-state index >= 15 is 0 Å². The fourth-order valence-corrected chi connectivity index (χ4v) is 2.96. The molecule has 1 aliphatic heterocycles. The number of nitrogens with zero attached hydrogens (tertiary/aromatic N) is 2. The topological polar surface area (TPSA) is 53.3 Å². The van der Waals surface area contributed by atoms with Gasteiger partial charge in [0.15, 0.2) is 0 Å². The van der Waals surface area contributed by atoms with Gasteiger partial charge in [0, 0.05) is 28.7 Å². The van der Waals surface area contributed by atoms with E-state index in [9.17, 15) is 10.1 Å². The van der Waals surface area contributed by atoms with E-state index in [4.69, 9.17) is 27.9 Å². The van der Waals surface area contributed by atoms with E-state index in [-0.39, 0.29) is 23.7 Å². The van der Waals surface area contributed by atoms with Crippen LogP contribution in [0.2, 0.25) is 10.0 Å². The molecule has 1 aromatic carbocycles. The minimum Gasteiger partial charge on any atom is -0.372 e. The number of hydrogen-bond donors (Lipinski definition) is 0. The smallest absolute Gasteiger partial charge is 0.264 e. The molecule has 0 bridgehead atoms. The lowest BCUT2D eigenvalue weighted by atomic mass is 10.1. The Morgan fingerprint density at radius 1 is 1.32 bits per heavy atom. The van der Waals surface area contributed by atoms with Gasteiger partial charge < -0.3 is 9.64 Å². The summed E-state index contributed by atoms with van der Waals surface area (Å²) in [4.78, 5) is 14.2. The lowest BCUT2D eigenvalue weighted by Gasteiger charge is -2.35. The maximum Gasteiger partial charge on any atom is 0.264 e. The maximum absolute atomic E-state index is 12.5. The third-order valence-corrected chi connectivity index (χ3v) is 4.01. The van der Waals surface area contributed by atoms with Crippen molar-refractivity contribution in [2.45, 2.75) is 26.1 Å². The van der Waals surface area contributed by atoms with Gasteiger partial charge in [-0.05, 0) is 32.1 Å². The highest BCUT2D eigenvalue weighted by Gasteiger charge is 2.28. The SMILES string of the molecule is C[C@@H]1CN(C(=O)/C(C#N)=C/c2c(Cl)cccc2Cl)C[C@H](C)O1. The number of hydrogen-bond acceptors (Lipinski definition) is 3. The molecule has 1 fully saturated rings. The summed E-state index contributed by atoms with van der Waals surface area (Å²) in [7, 11) is 0. The molecule has 0 aromatic heterocycles. The van der Waals surface area contributed by atoms with Crippen molar-refractivity contribution in [1.29, 1.82) is 5.26 Å². The molecule has 1 amide bonds.